The maximum Gasteiger partial charge on any atom is 0.180 e. The standard InChI is InChI=1S/C19H20Cl2N4/c1-11(2)22-16-6-5-13(10-15(16)20)14-7-8-25-17(9-12-3-4-12)23-24-19(25)18(14)21/h5-8,10-12,22H,3-4,9H2,1-2H3. The maximum atomic E-state index is 6.64. The van der Waals surface area contributed by atoms with Crippen molar-refractivity contribution in [3.8, 4) is 11.1 Å². The number of benzene rings is 1. The number of rotatable bonds is 5. The van der Waals surface area contributed by atoms with E-state index >= 15 is 0 Å². The molecule has 0 atom stereocenters. The summed E-state index contributed by atoms with van der Waals surface area (Å²) in [7, 11) is 0. The minimum atomic E-state index is 0.323. The van der Waals surface area contributed by atoms with Crippen LogP contribution in [0.2, 0.25) is 10.0 Å². The van der Waals surface area contributed by atoms with Crippen LogP contribution in [0.25, 0.3) is 16.8 Å². The molecule has 0 unspecified atom stereocenters. The molecule has 1 fully saturated rings. The second kappa shape index (κ2) is 6.50. The first-order valence-electron chi connectivity index (χ1n) is 8.61. The van der Waals surface area contributed by atoms with Crippen molar-refractivity contribution in [1.82, 2.24) is 14.6 Å². The first-order valence-corrected chi connectivity index (χ1v) is 9.37. The van der Waals surface area contributed by atoms with Gasteiger partial charge >= 0.3 is 0 Å². The van der Waals surface area contributed by atoms with Gasteiger partial charge in [0, 0.05) is 24.2 Å². The number of nitrogens with one attached hydrogen (secondary N) is 1. The molecule has 0 saturated heterocycles. The highest BCUT2D eigenvalue weighted by atomic mass is 35.5. The van der Waals surface area contributed by atoms with E-state index in [1.165, 1.54) is 12.8 Å². The van der Waals surface area contributed by atoms with Crippen molar-refractivity contribution in [3.63, 3.8) is 0 Å². The molecule has 1 aliphatic rings. The van der Waals surface area contributed by atoms with E-state index in [0.29, 0.717) is 21.7 Å². The highest BCUT2D eigenvalue weighted by Crippen LogP contribution is 2.36. The topological polar surface area (TPSA) is 42.2 Å². The number of nitrogens with zero attached hydrogens (tertiary/aromatic N) is 3. The van der Waals surface area contributed by atoms with Gasteiger partial charge in [0.15, 0.2) is 5.65 Å². The Morgan fingerprint density at radius 1 is 1.20 bits per heavy atom. The van der Waals surface area contributed by atoms with Gasteiger partial charge in [-0.15, -0.1) is 10.2 Å². The van der Waals surface area contributed by atoms with Gasteiger partial charge in [0.05, 0.1) is 15.7 Å². The Morgan fingerprint density at radius 2 is 2.00 bits per heavy atom. The van der Waals surface area contributed by atoms with E-state index in [1.807, 2.05) is 34.9 Å². The van der Waals surface area contributed by atoms with Gasteiger partial charge < -0.3 is 5.32 Å². The lowest BCUT2D eigenvalue weighted by atomic mass is 10.1. The van der Waals surface area contributed by atoms with Gasteiger partial charge in [-0.2, -0.15) is 0 Å². The van der Waals surface area contributed by atoms with Crippen LogP contribution in [-0.4, -0.2) is 20.6 Å². The van der Waals surface area contributed by atoms with Crippen LogP contribution < -0.4 is 5.32 Å². The van der Waals surface area contributed by atoms with Crippen molar-refractivity contribution in [2.45, 2.75) is 39.2 Å². The summed E-state index contributed by atoms with van der Waals surface area (Å²) in [5.41, 5.74) is 3.51. The zero-order valence-corrected chi connectivity index (χ0v) is 15.8. The minimum absolute atomic E-state index is 0.323. The fraction of sp³-hybridized carbons (Fsp3) is 0.368. The van der Waals surface area contributed by atoms with Crippen molar-refractivity contribution in [2.75, 3.05) is 5.32 Å². The highest BCUT2D eigenvalue weighted by Gasteiger charge is 2.24. The van der Waals surface area contributed by atoms with Crippen LogP contribution in [0.1, 0.15) is 32.5 Å². The zero-order valence-electron chi connectivity index (χ0n) is 14.3. The molecule has 2 heterocycles. The molecule has 1 aliphatic carbocycles. The fourth-order valence-electron chi connectivity index (χ4n) is 3.03. The summed E-state index contributed by atoms with van der Waals surface area (Å²) in [4.78, 5) is 0. The van der Waals surface area contributed by atoms with Gasteiger partial charge in [0.2, 0.25) is 0 Å². The first-order chi connectivity index (χ1) is 12.0. The van der Waals surface area contributed by atoms with Gasteiger partial charge in [-0.1, -0.05) is 29.3 Å². The summed E-state index contributed by atoms with van der Waals surface area (Å²) in [5.74, 6) is 1.74. The molecule has 4 nitrogen and oxygen atoms in total. The predicted octanol–water partition coefficient (Wildman–Crippen LogP) is 5.48. The molecule has 25 heavy (non-hydrogen) atoms. The zero-order chi connectivity index (χ0) is 17.6. The first kappa shape index (κ1) is 16.7. The molecular weight excluding hydrogens is 355 g/mol. The Kier molecular flexibility index (Phi) is 4.34. The van der Waals surface area contributed by atoms with E-state index in [2.05, 4.69) is 29.4 Å². The van der Waals surface area contributed by atoms with Crippen LogP contribution >= 0.6 is 23.2 Å². The molecule has 1 saturated carbocycles. The van der Waals surface area contributed by atoms with Gasteiger partial charge in [-0.05, 0) is 56.4 Å². The number of aromatic nitrogens is 3. The molecule has 0 amide bonds. The number of hydrogen-bond acceptors (Lipinski definition) is 3. The summed E-state index contributed by atoms with van der Waals surface area (Å²) in [6.07, 6.45) is 5.55. The van der Waals surface area contributed by atoms with Crippen molar-refractivity contribution in [1.29, 1.82) is 0 Å². The molecule has 130 valence electrons. The lowest BCUT2D eigenvalue weighted by Crippen LogP contribution is -2.09. The van der Waals surface area contributed by atoms with Crippen LogP contribution in [0.15, 0.2) is 30.5 Å². The van der Waals surface area contributed by atoms with Crippen LogP contribution in [0.4, 0.5) is 5.69 Å². The number of halogens is 2. The third-order valence-corrected chi connectivity index (χ3v) is 5.17. The molecule has 0 aliphatic heterocycles. The largest absolute Gasteiger partial charge is 0.382 e. The average Bonchev–Trinajstić information content (AvgIpc) is 3.29. The smallest absolute Gasteiger partial charge is 0.180 e. The van der Waals surface area contributed by atoms with Gasteiger partial charge in [-0.3, -0.25) is 4.40 Å². The number of pyridine rings is 1. The molecule has 6 heteroatoms. The number of anilines is 1. The molecule has 0 bridgehead atoms. The molecular formula is C19H20Cl2N4. The molecule has 0 spiro atoms. The molecule has 1 N–H and O–H groups in total. The van der Waals surface area contributed by atoms with E-state index < -0.39 is 0 Å². The van der Waals surface area contributed by atoms with E-state index in [-0.39, 0.29) is 0 Å². The molecule has 2 aromatic heterocycles. The third kappa shape index (κ3) is 3.33. The van der Waals surface area contributed by atoms with Crippen molar-refractivity contribution < 1.29 is 0 Å². The second-order valence-electron chi connectivity index (χ2n) is 6.99. The van der Waals surface area contributed by atoms with Gasteiger partial charge in [0.25, 0.3) is 0 Å². The summed E-state index contributed by atoms with van der Waals surface area (Å²) in [5, 5.41) is 13.2. The van der Waals surface area contributed by atoms with Crippen molar-refractivity contribution in [3.05, 3.63) is 46.3 Å². The molecule has 0 radical (unpaired) electrons. The predicted molar refractivity (Wildman–Crippen MR) is 104 cm³/mol. The lowest BCUT2D eigenvalue weighted by molar-refractivity contribution is 0.758. The van der Waals surface area contributed by atoms with Crippen LogP contribution in [0.3, 0.4) is 0 Å². The number of fused-ring (bicyclic) bond motifs is 1. The fourth-order valence-corrected chi connectivity index (χ4v) is 3.56. The maximum absolute atomic E-state index is 6.64. The monoisotopic (exact) mass is 374 g/mol. The number of hydrogen-bond donors (Lipinski definition) is 1. The Balaban J connectivity index is 1.71. The summed E-state index contributed by atoms with van der Waals surface area (Å²) in [6, 6.07) is 8.28. The van der Waals surface area contributed by atoms with E-state index in [0.717, 1.165) is 35.0 Å². The summed E-state index contributed by atoms with van der Waals surface area (Å²) >= 11 is 13.1. The van der Waals surface area contributed by atoms with Gasteiger partial charge in [-0.25, -0.2) is 0 Å². The van der Waals surface area contributed by atoms with Crippen molar-refractivity contribution >= 4 is 34.5 Å². The Morgan fingerprint density at radius 3 is 2.68 bits per heavy atom. The van der Waals surface area contributed by atoms with Crippen LogP contribution in [-0.2, 0) is 6.42 Å². The van der Waals surface area contributed by atoms with E-state index in [9.17, 15) is 0 Å². The third-order valence-electron chi connectivity index (χ3n) is 4.48. The van der Waals surface area contributed by atoms with Crippen LogP contribution in [0, 0.1) is 5.92 Å². The average molecular weight is 375 g/mol. The van der Waals surface area contributed by atoms with E-state index in [1.54, 1.807) is 0 Å². The normalized spacial score (nSPS) is 14.4. The Labute approximate surface area is 157 Å². The molecule has 3 aromatic rings. The highest BCUT2D eigenvalue weighted by molar-refractivity contribution is 6.36. The quantitative estimate of drug-likeness (QED) is 0.643. The summed E-state index contributed by atoms with van der Waals surface area (Å²) in [6.45, 7) is 4.17. The van der Waals surface area contributed by atoms with Crippen molar-refractivity contribution in [2.24, 2.45) is 5.92 Å². The second-order valence-corrected chi connectivity index (χ2v) is 7.78. The summed E-state index contributed by atoms with van der Waals surface area (Å²) < 4.78 is 2.00. The lowest BCUT2D eigenvalue weighted by Gasteiger charge is -2.13. The minimum Gasteiger partial charge on any atom is -0.382 e. The molecule has 1 aromatic carbocycles. The van der Waals surface area contributed by atoms with Crippen LogP contribution in [0.5, 0.6) is 0 Å². The van der Waals surface area contributed by atoms with E-state index in [4.69, 9.17) is 23.2 Å². The van der Waals surface area contributed by atoms with Gasteiger partial charge in [0.1, 0.15) is 5.82 Å². The SMILES string of the molecule is CC(C)Nc1ccc(-c2ccn3c(CC4CC4)nnc3c2Cl)cc1Cl. The Hall–Kier alpha value is -1.78. The Bertz CT molecular complexity index is 929. The molecule has 4 rings (SSSR count).